The summed E-state index contributed by atoms with van der Waals surface area (Å²) >= 11 is 0. The van der Waals surface area contributed by atoms with Crippen molar-refractivity contribution >= 4 is 10.0 Å². The minimum Gasteiger partial charge on any atom is -0.497 e. The zero-order valence-electron chi connectivity index (χ0n) is 15.4. The monoisotopic (exact) mass is 374 g/mol. The van der Waals surface area contributed by atoms with Crippen molar-refractivity contribution < 1.29 is 13.2 Å². The normalized spacial score (nSPS) is 16.5. The van der Waals surface area contributed by atoms with Crippen LogP contribution in [-0.4, -0.2) is 57.5 Å². The molecule has 1 aliphatic heterocycles. The summed E-state index contributed by atoms with van der Waals surface area (Å²) in [6.07, 6.45) is 0.953. The number of hydrogen-bond donors (Lipinski definition) is 0. The van der Waals surface area contributed by atoms with Gasteiger partial charge in [-0.05, 0) is 48.7 Å². The fourth-order valence-electron chi connectivity index (χ4n) is 3.20. The molecule has 0 radical (unpaired) electrons. The number of piperazine rings is 1. The third-order valence-corrected chi connectivity index (χ3v) is 6.73. The van der Waals surface area contributed by atoms with Crippen LogP contribution in [0.15, 0.2) is 53.4 Å². The second-order valence-electron chi connectivity index (χ2n) is 6.66. The number of hydrogen-bond acceptors (Lipinski definition) is 4. The van der Waals surface area contributed by atoms with Crippen LogP contribution in [0.5, 0.6) is 5.75 Å². The lowest BCUT2D eigenvalue weighted by molar-refractivity contribution is 0.190. The molecule has 0 aromatic heterocycles. The Hall–Kier alpha value is -1.89. The molecule has 0 spiro atoms. The molecule has 0 unspecified atom stereocenters. The summed E-state index contributed by atoms with van der Waals surface area (Å²) in [5, 5.41) is 0. The first kappa shape index (κ1) is 18.9. The molecule has 3 rings (SSSR count). The van der Waals surface area contributed by atoms with Crippen molar-refractivity contribution in [2.45, 2.75) is 18.2 Å². The standard InChI is InChI=1S/C20H26N2O3S/c1-17-4-3-5-20(16-17)26(23,24)22-14-12-21(13-15-22)11-10-18-6-8-19(25-2)9-7-18/h3-9,16H,10-15H2,1-2H3. The highest BCUT2D eigenvalue weighted by atomic mass is 32.2. The molecule has 140 valence electrons. The third-order valence-electron chi connectivity index (χ3n) is 4.83. The van der Waals surface area contributed by atoms with Crippen LogP contribution >= 0.6 is 0 Å². The van der Waals surface area contributed by atoms with Gasteiger partial charge in [-0.2, -0.15) is 4.31 Å². The van der Waals surface area contributed by atoms with E-state index in [-0.39, 0.29) is 0 Å². The van der Waals surface area contributed by atoms with Crippen LogP contribution in [-0.2, 0) is 16.4 Å². The summed E-state index contributed by atoms with van der Waals surface area (Å²) in [6, 6.07) is 15.2. The minimum atomic E-state index is -3.39. The van der Waals surface area contributed by atoms with Crippen molar-refractivity contribution in [2.75, 3.05) is 39.8 Å². The van der Waals surface area contributed by atoms with E-state index in [1.165, 1.54) is 5.56 Å². The van der Waals surface area contributed by atoms with E-state index in [0.29, 0.717) is 18.0 Å². The molecule has 0 atom stereocenters. The quantitative estimate of drug-likeness (QED) is 0.780. The molecule has 0 saturated carbocycles. The number of sulfonamides is 1. The molecular formula is C20H26N2O3S. The molecule has 0 aliphatic carbocycles. The molecule has 0 amide bonds. The Labute approximate surface area is 156 Å². The van der Waals surface area contributed by atoms with Crippen molar-refractivity contribution in [1.29, 1.82) is 0 Å². The Morgan fingerprint density at radius 3 is 2.31 bits per heavy atom. The highest BCUT2D eigenvalue weighted by Gasteiger charge is 2.28. The molecule has 1 aliphatic rings. The van der Waals surface area contributed by atoms with Gasteiger partial charge in [0, 0.05) is 32.7 Å². The van der Waals surface area contributed by atoms with Crippen molar-refractivity contribution in [3.8, 4) is 5.75 Å². The van der Waals surface area contributed by atoms with E-state index in [0.717, 1.165) is 37.4 Å². The summed E-state index contributed by atoms with van der Waals surface area (Å²) in [5.74, 6) is 0.865. The zero-order chi connectivity index (χ0) is 18.6. The smallest absolute Gasteiger partial charge is 0.243 e. The molecule has 0 bridgehead atoms. The lowest BCUT2D eigenvalue weighted by Crippen LogP contribution is -2.49. The first-order valence-corrected chi connectivity index (χ1v) is 10.3. The highest BCUT2D eigenvalue weighted by Crippen LogP contribution is 2.19. The zero-order valence-corrected chi connectivity index (χ0v) is 16.2. The maximum atomic E-state index is 12.8. The van der Waals surface area contributed by atoms with Crippen LogP contribution in [0.1, 0.15) is 11.1 Å². The average molecular weight is 375 g/mol. The van der Waals surface area contributed by atoms with E-state index in [4.69, 9.17) is 4.74 Å². The first-order valence-electron chi connectivity index (χ1n) is 8.91. The lowest BCUT2D eigenvalue weighted by Gasteiger charge is -2.34. The van der Waals surface area contributed by atoms with E-state index < -0.39 is 10.0 Å². The number of methoxy groups -OCH3 is 1. The number of ether oxygens (including phenoxy) is 1. The highest BCUT2D eigenvalue weighted by molar-refractivity contribution is 7.89. The Bertz CT molecular complexity index is 826. The van der Waals surface area contributed by atoms with Gasteiger partial charge in [-0.3, -0.25) is 0 Å². The molecule has 1 heterocycles. The van der Waals surface area contributed by atoms with Gasteiger partial charge < -0.3 is 9.64 Å². The van der Waals surface area contributed by atoms with Crippen molar-refractivity contribution in [3.63, 3.8) is 0 Å². The van der Waals surface area contributed by atoms with Gasteiger partial charge in [0.2, 0.25) is 10.0 Å². The molecule has 5 nitrogen and oxygen atoms in total. The van der Waals surface area contributed by atoms with E-state index in [2.05, 4.69) is 17.0 Å². The summed E-state index contributed by atoms with van der Waals surface area (Å²) in [5.41, 5.74) is 2.23. The molecule has 2 aromatic carbocycles. The maximum absolute atomic E-state index is 12.8. The molecule has 26 heavy (non-hydrogen) atoms. The maximum Gasteiger partial charge on any atom is 0.243 e. The minimum absolute atomic E-state index is 0.393. The van der Waals surface area contributed by atoms with Gasteiger partial charge in [-0.15, -0.1) is 0 Å². The van der Waals surface area contributed by atoms with Crippen LogP contribution in [0.4, 0.5) is 0 Å². The van der Waals surface area contributed by atoms with E-state index in [9.17, 15) is 8.42 Å². The first-order chi connectivity index (χ1) is 12.5. The summed E-state index contributed by atoms with van der Waals surface area (Å²) < 4.78 is 32.3. The van der Waals surface area contributed by atoms with Gasteiger partial charge in [0.05, 0.1) is 12.0 Å². The summed E-state index contributed by atoms with van der Waals surface area (Å²) in [7, 11) is -1.72. The van der Waals surface area contributed by atoms with Crippen LogP contribution < -0.4 is 4.74 Å². The van der Waals surface area contributed by atoms with E-state index >= 15 is 0 Å². The number of aryl methyl sites for hydroxylation is 1. The summed E-state index contributed by atoms with van der Waals surface area (Å²) in [6.45, 7) is 5.46. The van der Waals surface area contributed by atoms with Crippen LogP contribution in [0.25, 0.3) is 0 Å². The van der Waals surface area contributed by atoms with Gasteiger partial charge >= 0.3 is 0 Å². The molecule has 2 aromatic rings. The topological polar surface area (TPSA) is 49.9 Å². The van der Waals surface area contributed by atoms with Crippen LogP contribution in [0.3, 0.4) is 0 Å². The number of rotatable bonds is 6. The van der Waals surface area contributed by atoms with E-state index in [1.54, 1.807) is 29.6 Å². The SMILES string of the molecule is COc1ccc(CCN2CCN(S(=O)(=O)c3cccc(C)c3)CC2)cc1. The second-order valence-corrected chi connectivity index (χ2v) is 8.60. The van der Waals surface area contributed by atoms with E-state index in [1.807, 2.05) is 25.1 Å². The lowest BCUT2D eigenvalue weighted by atomic mass is 10.1. The molecule has 0 N–H and O–H groups in total. The van der Waals surface area contributed by atoms with Crippen LogP contribution in [0.2, 0.25) is 0 Å². The van der Waals surface area contributed by atoms with Crippen molar-refractivity contribution in [3.05, 3.63) is 59.7 Å². The largest absolute Gasteiger partial charge is 0.497 e. The number of nitrogens with zero attached hydrogens (tertiary/aromatic N) is 2. The molecule has 1 saturated heterocycles. The third kappa shape index (κ3) is 4.44. The fourth-order valence-corrected chi connectivity index (χ4v) is 4.73. The van der Waals surface area contributed by atoms with Gasteiger partial charge in [-0.1, -0.05) is 24.3 Å². The fraction of sp³-hybridized carbons (Fsp3) is 0.400. The Balaban J connectivity index is 1.53. The predicted octanol–water partition coefficient (Wildman–Crippen LogP) is 2.55. The Kier molecular flexibility index (Phi) is 5.96. The van der Waals surface area contributed by atoms with Gasteiger partial charge in [0.15, 0.2) is 0 Å². The van der Waals surface area contributed by atoms with Crippen molar-refractivity contribution in [2.24, 2.45) is 0 Å². The molecule has 6 heteroatoms. The Morgan fingerprint density at radius 2 is 1.69 bits per heavy atom. The van der Waals surface area contributed by atoms with Gasteiger partial charge in [0.1, 0.15) is 5.75 Å². The van der Waals surface area contributed by atoms with Gasteiger partial charge in [0.25, 0.3) is 0 Å². The second kappa shape index (κ2) is 8.20. The average Bonchev–Trinajstić information content (AvgIpc) is 2.67. The van der Waals surface area contributed by atoms with Crippen LogP contribution in [0, 0.1) is 6.92 Å². The van der Waals surface area contributed by atoms with Gasteiger partial charge in [-0.25, -0.2) is 8.42 Å². The number of benzene rings is 2. The molecule has 1 fully saturated rings. The Morgan fingerprint density at radius 1 is 1.00 bits per heavy atom. The van der Waals surface area contributed by atoms with Crippen molar-refractivity contribution in [1.82, 2.24) is 9.21 Å². The molecular weight excluding hydrogens is 348 g/mol. The summed E-state index contributed by atoms with van der Waals surface area (Å²) in [4.78, 5) is 2.72. The predicted molar refractivity (Wildman–Crippen MR) is 103 cm³/mol.